The van der Waals surface area contributed by atoms with Gasteiger partial charge in [0, 0.05) is 4.88 Å². The van der Waals surface area contributed by atoms with Gasteiger partial charge >= 0.3 is 0 Å². The van der Waals surface area contributed by atoms with Crippen molar-refractivity contribution < 1.29 is 0 Å². The van der Waals surface area contributed by atoms with Crippen LogP contribution in [-0.4, -0.2) is 4.98 Å². The Bertz CT molecular complexity index is 527. The summed E-state index contributed by atoms with van der Waals surface area (Å²) in [6.45, 7) is 4.08. The number of aryl methyl sites for hydroxylation is 1. The van der Waals surface area contributed by atoms with Crippen LogP contribution in [0.1, 0.15) is 23.5 Å². The second kappa shape index (κ2) is 5.38. The van der Waals surface area contributed by atoms with Crippen LogP contribution >= 0.6 is 38.9 Å². The molecular weight excluding hydrogens is 320 g/mol. The van der Waals surface area contributed by atoms with Crippen molar-refractivity contribution in [1.29, 1.82) is 0 Å². The molecule has 17 heavy (non-hydrogen) atoms. The van der Waals surface area contributed by atoms with Gasteiger partial charge < -0.3 is 5.32 Å². The number of pyridine rings is 1. The highest BCUT2D eigenvalue weighted by atomic mass is 79.9. The number of nitrogens with zero attached hydrogens (tertiary/aromatic N) is 1. The maximum absolute atomic E-state index is 5.83. The summed E-state index contributed by atoms with van der Waals surface area (Å²) in [5.41, 5.74) is 1.94. The molecule has 0 aromatic carbocycles. The Kier molecular flexibility index (Phi) is 4.07. The van der Waals surface area contributed by atoms with E-state index in [9.17, 15) is 0 Å². The molecule has 0 bridgehead atoms. The highest BCUT2D eigenvalue weighted by Crippen LogP contribution is 2.30. The lowest BCUT2D eigenvalue weighted by molar-refractivity contribution is 0.901. The number of nitrogens with one attached hydrogen (secondary N) is 1. The maximum atomic E-state index is 5.83. The molecule has 0 saturated heterocycles. The number of hydrogen-bond acceptors (Lipinski definition) is 3. The molecule has 0 radical (unpaired) electrons. The minimum Gasteiger partial charge on any atom is -0.376 e. The largest absolute Gasteiger partial charge is 0.376 e. The molecule has 5 heteroatoms. The van der Waals surface area contributed by atoms with E-state index in [1.54, 1.807) is 17.4 Å². The molecular formula is C12H12BrClN2S. The van der Waals surface area contributed by atoms with Gasteiger partial charge in [0.15, 0.2) is 0 Å². The second-order valence-electron chi connectivity index (χ2n) is 3.77. The molecule has 2 aromatic rings. The summed E-state index contributed by atoms with van der Waals surface area (Å²) in [6, 6.07) is 8.20. The van der Waals surface area contributed by atoms with E-state index in [2.05, 4.69) is 45.3 Å². The number of thiophene rings is 1. The van der Waals surface area contributed by atoms with Gasteiger partial charge in [-0.1, -0.05) is 11.6 Å². The SMILES string of the molecule is Cc1nc(Cl)ccc1NC(C)c1ccc(Br)s1. The number of hydrogen-bond donors (Lipinski definition) is 1. The second-order valence-corrected chi connectivity index (χ2v) is 6.66. The van der Waals surface area contributed by atoms with Crippen molar-refractivity contribution in [3.8, 4) is 0 Å². The van der Waals surface area contributed by atoms with Crippen molar-refractivity contribution in [2.45, 2.75) is 19.9 Å². The maximum Gasteiger partial charge on any atom is 0.129 e. The van der Waals surface area contributed by atoms with Crippen molar-refractivity contribution >= 4 is 44.6 Å². The molecule has 0 amide bonds. The summed E-state index contributed by atoms with van der Waals surface area (Å²) in [7, 11) is 0. The Hall–Kier alpha value is -0.580. The van der Waals surface area contributed by atoms with Crippen molar-refractivity contribution in [2.75, 3.05) is 5.32 Å². The normalized spacial score (nSPS) is 12.5. The van der Waals surface area contributed by atoms with E-state index in [0.29, 0.717) is 5.15 Å². The van der Waals surface area contributed by atoms with E-state index in [0.717, 1.165) is 15.2 Å². The first-order valence-corrected chi connectivity index (χ1v) is 7.20. The molecule has 2 rings (SSSR count). The van der Waals surface area contributed by atoms with Gasteiger partial charge in [-0.05, 0) is 54.0 Å². The number of anilines is 1. The minimum absolute atomic E-state index is 0.257. The Morgan fingerprint density at radius 3 is 2.71 bits per heavy atom. The monoisotopic (exact) mass is 330 g/mol. The van der Waals surface area contributed by atoms with Crippen LogP contribution < -0.4 is 5.32 Å². The summed E-state index contributed by atoms with van der Waals surface area (Å²) in [4.78, 5) is 5.51. The standard InChI is InChI=1S/C12H12BrClN2S/c1-7-9(3-6-12(14)16-7)15-8(2)10-4-5-11(13)17-10/h3-6,8,15H,1-2H3. The highest BCUT2D eigenvalue weighted by molar-refractivity contribution is 9.11. The van der Waals surface area contributed by atoms with Crippen LogP contribution in [0.3, 0.4) is 0 Å². The minimum atomic E-state index is 0.257. The first kappa shape index (κ1) is 12.9. The lowest BCUT2D eigenvalue weighted by atomic mass is 10.2. The van der Waals surface area contributed by atoms with E-state index in [-0.39, 0.29) is 6.04 Å². The quantitative estimate of drug-likeness (QED) is 0.797. The molecule has 0 aliphatic rings. The third kappa shape index (κ3) is 3.21. The fourth-order valence-electron chi connectivity index (χ4n) is 1.55. The first-order chi connectivity index (χ1) is 8.06. The van der Waals surface area contributed by atoms with Crippen LogP contribution in [0.5, 0.6) is 0 Å². The molecule has 2 nitrogen and oxygen atoms in total. The van der Waals surface area contributed by atoms with Gasteiger partial charge in [-0.2, -0.15) is 0 Å². The van der Waals surface area contributed by atoms with Crippen molar-refractivity contribution in [3.05, 3.63) is 43.8 Å². The van der Waals surface area contributed by atoms with Gasteiger partial charge in [0.05, 0.1) is 21.2 Å². The Morgan fingerprint density at radius 1 is 1.35 bits per heavy atom. The topological polar surface area (TPSA) is 24.9 Å². The molecule has 0 aliphatic heterocycles. The summed E-state index contributed by atoms with van der Waals surface area (Å²) in [6.07, 6.45) is 0. The summed E-state index contributed by atoms with van der Waals surface area (Å²) < 4.78 is 1.15. The predicted molar refractivity (Wildman–Crippen MR) is 78.0 cm³/mol. The molecule has 1 unspecified atom stereocenters. The van der Waals surface area contributed by atoms with Crippen molar-refractivity contribution in [3.63, 3.8) is 0 Å². The summed E-state index contributed by atoms with van der Waals surface area (Å²) >= 11 is 11.0. The molecule has 0 aliphatic carbocycles. The van der Waals surface area contributed by atoms with Gasteiger partial charge in [0.25, 0.3) is 0 Å². The zero-order chi connectivity index (χ0) is 12.4. The number of halogens is 2. The van der Waals surface area contributed by atoms with Crippen LogP contribution in [0.4, 0.5) is 5.69 Å². The lowest BCUT2D eigenvalue weighted by Gasteiger charge is -2.15. The van der Waals surface area contributed by atoms with Crippen molar-refractivity contribution in [1.82, 2.24) is 4.98 Å². The molecule has 90 valence electrons. The lowest BCUT2D eigenvalue weighted by Crippen LogP contribution is -2.06. The third-order valence-electron chi connectivity index (χ3n) is 2.44. The van der Waals surface area contributed by atoms with E-state index in [1.165, 1.54) is 4.88 Å². The van der Waals surface area contributed by atoms with E-state index in [1.807, 2.05) is 13.0 Å². The fourth-order valence-corrected chi connectivity index (χ4v) is 3.16. The number of aromatic nitrogens is 1. The third-order valence-corrected chi connectivity index (χ3v) is 4.46. The van der Waals surface area contributed by atoms with E-state index in [4.69, 9.17) is 11.6 Å². The average molecular weight is 332 g/mol. The summed E-state index contributed by atoms with van der Waals surface area (Å²) in [5.74, 6) is 0. The smallest absolute Gasteiger partial charge is 0.129 e. The zero-order valence-corrected chi connectivity index (χ0v) is 12.7. The van der Waals surface area contributed by atoms with E-state index < -0.39 is 0 Å². The van der Waals surface area contributed by atoms with Gasteiger partial charge in [-0.3, -0.25) is 0 Å². The molecule has 2 heterocycles. The predicted octanol–water partition coefficient (Wildman–Crippen LogP) is 5.04. The van der Waals surface area contributed by atoms with Gasteiger partial charge in [0.1, 0.15) is 5.15 Å². The highest BCUT2D eigenvalue weighted by Gasteiger charge is 2.09. The molecule has 0 saturated carbocycles. The number of rotatable bonds is 3. The molecule has 0 fully saturated rings. The van der Waals surface area contributed by atoms with Crippen molar-refractivity contribution in [2.24, 2.45) is 0 Å². The van der Waals surface area contributed by atoms with Gasteiger partial charge in [-0.25, -0.2) is 4.98 Å². The van der Waals surface area contributed by atoms with Crippen LogP contribution in [0.25, 0.3) is 0 Å². The van der Waals surface area contributed by atoms with Crippen LogP contribution in [0, 0.1) is 6.92 Å². The van der Waals surface area contributed by atoms with Crippen LogP contribution in [0.15, 0.2) is 28.1 Å². The average Bonchev–Trinajstić information content (AvgIpc) is 2.69. The Morgan fingerprint density at radius 2 is 2.12 bits per heavy atom. The van der Waals surface area contributed by atoms with Crippen LogP contribution in [0.2, 0.25) is 5.15 Å². The molecule has 2 aromatic heterocycles. The van der Waals surface area contributed by atoms with Gasteiger partial charge in [-0.15, -0.1) is 11.3 Å². The molecule has 1 N–H and O–H groups in total. The fraction of sp³-hybridized carbons (Fsp3) is 0.250. The first-order valence-electron chi connectivity index (χ1n) is 5.21. The Balaban J connectivity index is 2.15. The van der Waals surface area contributed by atoms with Gasteiger partial charge in [0.2, 0.25) is 0 Å². The molecule has 1 atom stereocenters. The summed E-state index contributed by atoms with van der Waals surface area (Å²) in [5, 5.41) is 3.96. The Labute approximate surface area is 118 Å². The van der Waals surface area contributed by atoms with Crippen LogP contribution in [-0.2, 0) is 0 Å². The zero-order valence-electron chi connectivity index (χ0n) is 9.50. The molecule has 0 spiro atoms. The van der Waals surface area contributed by atoms with E-state index >= 15 is 0 Å².